The Morgan fingerprint density at radius 3 is 2.47 bits per heavy atom. The lowest BCUT2D eigenvalue weighted by Crippen LogP contribution is -2.59. The van der Waals surface area contributed by atoms with Crippen LogP contribution in [0.4, 0.5) is 10.1 Å². The topological polar surface area (TPSA) is 49.3 Å². The molecule has 7 atom stereocenters. The van der Waals surface area contributed by atoms with Crippen molar-refractivity contribution in [2.75, 3.05) is 5.32 Å². The Morgan fingerprint density at radius 1 is 1.08 bits per heavy atom. The molecule has 0 aromatic heterocycles. The maximum Gasteiger partial charge on any atom is 0.155 e. The lowest BCUT2D eigenvalue weighted by Gasteiger charge is -2.64. The molecular formula is C34H46FNO2. The average Bonchev–Trinajstić information content (AvgIpc) is 3.08. The molecule has 0 bridgehead atoms. The summed E-state index contributed by atoms with van der Waals surface area (Å²) >= 11 is 0. The molecule has 4 heteroatoms. The third-order valence-electron chi connectivity index (χ3n) is 10.7. The van der Waals surface area contributed by atoms with Crippen molar-refractivity contribution in [1.29, 1.82) is 0 Å². The van der Waals surface area contributed by atoms with E-state index in [9.17, 15) is 9.90 Å². The number of nitrogens with one attached hydrogen (secondary N) is 1. The van der Waals surface area contributed by atoms with Crippen molar-refractivity contribution in [3.05, 3.63) is 41.2 Å². The van der Waals surface area contributed by atoms with Gasteiger partial charge in [-0.15, -0.1) is 0 Å². The Bertz CT molecular complexity index is 1220. The summed E-state index contributed by atoms with van der Waals surface area (Å²) in [6, 6.07) is 5.88. The Kier molecular flexibility index (Phi) is 6.66. The number of fused-ring (bicyclic) bond motifs is 5. The minimum atomic E-state index is -1.05. The molecule has 0 saturated heterocycles. The van der Waals surface area contributed by atoms with Crippen LogP contribution in [0.2, 0.25) is 0 Å². The molecule has 0 amide bonds. The van der Waals surface area contributed by atoms with Crippen molar-refractivity contribution >= 4 is 11.5 Å². The van der Waals surface area contributed by atoms with Gasteiger partial charge >= 0.3 is 0 Å². The average molecular weight is 520 g/mol. The third kappa shape index (κ3) is 4.34. The zero-order valence-electron chi connectivity index (χ0n) is 24.4. The van der Waals surface area contributed by atoms with Gasteiger partial charge in [-0.1, -0.05) is 37.3 Å². The number of rotatable bonds is 3. The van der Waals surface area contributed by atoms with Gasteiger partial charge in [0.05, 0.1) is 5.69 Å². The van der Waals surface area contributed by atoms with Crippen LogP contribution in [0.25, 0.3) is 0 Å². The monoisotopic (exact) mass is 519 g/mol. The van der Waals surface area contributed by atoms with Crippen LogP contribution in [-0.2, 0) is 4.79 Å². The molecule has 1 aromatic carbocycles. The highest BCUT2D eigenvalue weighted by molar-refractivity contribution is 5.91. The standard InChI is InChI=1S/C34H46FNO2/c1-21(2)36-30-13-9-23(19-29(30)35)28-20-32(6)26(14-15-34(32,38)17-16-31(3,4)5)27-11-8-22-18-24(37)10-12-25(22)33(27,28)7/h9,13,18-19,21,25-28,36,38H,8,10-12,14-15,20H2,1-7H3/t25-,26-,27-,28+,32-,33+,34+/m0/s1. The fourth-order valence-electron chi connectivity index (χ4n) is 8.87. The van der Waals surface area contributed by atoms with Gasteiger partial charge in [-0.2, -0.15) is 0 Å². The summed E-state index contributed by atoms with van der Waals surface area (Å²) in [5.41, 5.74) is 1.13. The molecule has 2 N–H and O–H groups in total. The molecule has 3 saturated carbocycles. The molecule has 4 aliphatic rings. The summed E-state index contributed by atoms with van der Waals surface area (Å²) in [7, 11) is 0. The molecule has 0 heterocycles. The number of ketones is 1. The molecule has 3 nitrogen and oxygen atoms in total. The van der Waals surface area contributed by atoms with E-state index in [2.05, 4.69) is 57.8 Å². The van der Waals surface area contributed by atoms with E-state index in [1.807, 2.05) is 26.0 Å². The van der Waals surface area contributed by atoms with Crippen molar-refractivity contribution in [3.8, 4) is 11.8 Å². The van der Waals surface area contributed by atoms with Gasteiger partial charge in [0.1, 0.15) is 11.4 Å². The third-order valence-corrected chi connectivity index (χ3v) is 10.7. The van der Waals surface area contributed by atoms with Crippen molar-refractivity contribution < 1.29 is 14.3 Å². The molecule has 0 unspecified atom stereocenters. The number of halogens is 1. The van der Waals surface area contributed by atoms with E-state index >= 15 is 4.39 Å². The van der Waals surface area contributed by atoms with Crippen LogP contribution in [0.3, 0.4) is 0 Å². The van der Waals surface area contributed by atoms with Crippen molar-refractivity contribution in [2.24, 2.45) is 34.0 Å². The summed E-state index contributed by atoms with van der Waals surface area (Å²) in [5, 5.41) is 15.4. The van der Waals surface area contributed by atoms with Gasteiger partial charge in [0.2, 0.25) is 0 Å². The summed E-state index contributed by atoms with van der Waals surface area (Å²) in [6.07, 6.45) is 7.79. The molecule has 38 heavy (non-hydrogen) atoms. The van der Waals surface area contributed by atoms with Gasteiger partial charge in [-0.05, 0) is 126 Å². The first kappa shape index (κ1) is 27.4. The Hall–Kier alpha value is -2.12. The summed E-state index contributed by atoms with van der Waals surface area (Å²) in [5.74, 6) is 7.92. The second-order valence-electron chi connectivity index (χ2n) is 14.5. The predicted octanol–water partition coefficient (Wildman–Crippen LogP) is 7.65. The SMILES string of the molecule is CC(C)Nc1ccc([C@H]2C[C@@]3(C)[C@@H](CC[C@@]3(O)C#CC(C)(C)C)[C@@H]3CCC4=CC(=O)CC[C@@H]4[C@@]23C)cc1F. The highest BCUT2D eigenvalue weighted by Gasteiger charge is 2.68. The van der Waals surface area contributed by atoms with Crippen LogP contribution in [0.15, 0.2) is 29.8 Å². The summed E-state index contributed by atoms with van der Waals surface area (Å²) < 4.78 is 15.5. The number of carbonyl (C=O) groups is 1. The minimum Gasteiger partial charge on any atom is -0.381 e. The Balaban J connectivity index is 1.64. The highest BCUT2D eigenvalue weighted by Crippen LogP contribution is 2.72. The molecule has 206 valence electrons. The molecule has 3 fully saturated rings. The van der Waals surface area contributed by atoms with Gasteiger partial charge in [0.25, 0.3) is 0 Å². The van der Waals surface area contributed by atoms with Crippen LogP contribution in [-0.4, -0.2) is 22.5 Å². The fourth-order valence-corrected chi connectivity index (χ4v) is 8.87. The molecule has 0 aliphatic heterocycles. The predicted molar refractivity (Wildman–Crippen MR) is 152 cm³/mol. The first-order valence-corrected chi connectivity index (χ1v) is 14.7. The van der Waals surface area contributed by atoms with Crippen LogP contribution in [0.1, 0.15) is 105 Å². The number of hydrogen-bond donors (Lipinski definition) is 2. The first-order valence-electron chi connectivity index (χ1n) is 14.7. The van der Waals surface area contributed by atoms with Crippen molar-refractivity contribution in [3.63, 3.8) is 0 Å². The fraction of sp³-hybridized carbons (Fsp3) is 0.676. The zero-order valence-corrected chi connectivity index (χ0v) is 24.4. The van der Waals surface area contributed by atoms with E-state index in [4.69, 9.17) is 0 Å². The smallest absolute Gasteiger partial charge is 0.155 e. The Morgan fingerprint density at radius 2 is 1.82 bits per heavy atom. The normalized spacial score (nSPS) is 38.5. The van der Waals surface area contributed by atoms with E-state index < -0.39 is 5.60 Å². The number of allylic oxidation sites excluding steroid dienone is 1. The first-order chi connectivity index (χ1) is 17.7. The van der Waals surface area contributed by atoms with Crippen LogP contribution in [0, 0.1) is 51.7 Å². The van der Waals surface area contributed by atoms with Crippen LogP contribution in [0.5, 0.6) is 0 Å². The number of hydrogen-bond acceptors (Lipinski definition) is 3. The van der Waals surface area contributed by atoms with E-state index in [0.717, 1.165) is 37.7 Å². The van der Waals surface area contributed by atoms with Gasteiger partial charge in [0.15, 0.2) is 5.78 Å². The van der Waals surface area contributed by atoms with E-state index in [0.29, 0.717) is 36.3 Å². The maximum atomic E-state index is 15.5. The highest BCUT2D eigenvalue weighted by atomic mass is 19.1. The molecule has 5 rings (SSSR count). The van der Waals surface area contributed by atoms with Crippen LogP contribution >= 0.6 is 0 Å². The van der Waals surface area contributed by atoms with Gasteiger partial charge in [-0.3, -0.25) is 4.79 Å². The second kappa shape index (κ2) is 9.22. The lowest BCUT2D eigenvalue weighted by molar-refractivity contribution is -0.136. The largest absolute Gasteiger partial charge is 0.381 e. The quantitative estimate of drug-likeness (QED) is 0.403. The molecule has 1 aromatic rings. The van der Waals surface area contributed by atoms with E-state index in [-0.39, 0.29) is 39.8 Å². The maximum absolute atomic E-state index is 15.5. The second-order valence-corrected chi connectivity index (χ2v) is 14.5. The minimum absolute atomic E-state index is 0.0688. The van der Waals surface area contributed by atoms with Gasteiger partial charge in [-0.25, -0.2) is 4.39 Å². The molecule has 0 spiro atoms. The summed E-state index contributed by atoms with van der Waals surface area (Å²) in [6.45, 7) is 15.0. The van der Waals surface area contributed by atoms with E-state index in [1.54, 1.807) is 6.07 Å². The lowest BCUT2D eigenvalue weighted by atomic mass is 9.40. The van der Waals surface area contributed by atoms with E-state index in [1.165, 1.54) is 5.57 Å². The Labute approximate surface area is 229 Å². The molecular weight excluding hydrogens is 473 g/mol. The van der Waals surface area contributed by atoms with Crippen molar-refractivity contribution in [2.45, 2.75) is 111 Å². The number of anilines is 1. The zero-order chi connectivity index (χ0) is 27.7. The number of benzene rings is 1. The number of carbonyl (C=O) groups excluding carboxylic acids is 1. The number of aliphatic hydroxyl groups is 1. The molecule has 4 aliphatic carbocycles. The van der Waals surface area contributed by atoms with Gasteiger partial charge in [0, 0.05) is 23.3 Å². The van der Waals surface area contributed by atoms with Crippen molar-refractivity contribution in [1.82, 2.24) is 0 Å². The summed E-state index contributed by atoms with van der Waals surface area (Å²) in [4.78, 5) is 12.4. The molecule has 0 radical (unpaired) electrons. The van der Waals surface area contributed by atoms with Gasteiger partial charge < -0.3 is 10.4 Å². The van der Waals surface area contributed by atoms with Crippen LogP contribution < -0.4 is 5.32 Å².